The molecule has 10 atom stereocenters. The molecular weight excluding hydrogens is 400 g/mol. The molecule has 4 saturated carbocycles. The normalized spacial score (nSPS) is 48.8. The molecule has 0 bridgehead atoms. The summed E-state index contributed by atoms with van der Waals surface area (Å²) in [6.07, 6.45) is 14.1. The van der Waals surface area contributed by atoms with Crippen molar-refractivity contribution in [1.29, 1.82) is 0 Å². The van der Waals surface area contributed by atoms with Gasteiger partial charge in [-0.3, -0.25) is 0 Å². The minimum atomic E-state index is -1.20. The molecule has 0 N–H and O–H groups in total. The van der Waals surface area contributed by atoms with E-state index >= 15 is 0 Å². The molecule has 5 rings (SSSR count). The average molecular weight is 457 g/mol. The quantitative estimate of drug-likeness (QED) is 0.363. The van der Waals surface area contributed by atoms with Crippen LogP contribution in [0.1, 0.15) is 113 Å². The van der Waals surface area contributed by atoms with Crippen LogP contribution in [-0.2, 0) is 0 Å². The highest BCUT2D eigenvalue weighted by molar-refractivity contribution is 6.85. The van der Waals surface area contributed by atoms with Crippen LogP contribution in [0.4, 0.5) is 0 Å². The van der Waals surface area contributed by atoms with Crippen LogP contribution >= 0.6 is 0 Å². The van der Waals surface area contributed by atoms with Crippen molar-refractivity contribution in [2.75, 3.05) is 0 Å². The first-order valence-corrected chi connectivity index (χ1v) is 17.5. The molecule has 0 nitrogen and oxygen atoms in total. The Labute approximate surface area is 202 Å². The molecule has 1 heterocycles. The lowest BCUT2D eigenvalue weighted by Crippen LogP contribution is -2.56. The van der Waals surface area contributed by atoms with Gasteiger partial charge in [-0.2, -0.15) is 0 Å². The van der Waals surface area contributed by atoms with Crippen molar-refractivity contribution < 1.29 is 0 Å². The summed E-state index contributed by atoms with van der Waals surface area (Å²) >= 11 is 0. The highest BCUT2D eigenvalue weighted by Gasteiger charge is 2.65. The maximum atomic E-state index is 2.74. The Balaban J connectivity index is 1.46. The molecule has 1 aliphatic heterocycles. The van der Waals surface area contributed by atoms with Crippen molar-refractivity contribution in [2.24, 2.45) is 58.2 Å². The predicted octanol–water partition coefficient (Wildman–Crippen LogP) is 9.82. The van der Waals surface area contributed by atoms with Crippen LogP contribution < -0.4 is 0 Å². The minimum Gasteiger partial charge on any atom is -0.0625 e. The van der Waals surface area contributed by atoms with Gasteiger partial charge in [0.15, 0.2) is 0 Å². The highest BCUT2D eigenvalue weighted by atomic mass is 28.3. The van der Waals surface area contributed by atoms with E-state index in [1.54, 1.807) is 44.2 Å². The fourth-order valence-electron chi connectivity index (χ4n) is 11.8. The van der Waals surface area contributed by atoms with Crippen molar-refractivity contribution in [3.63, 3.8) is 0 Å². The lowest BCUT2D eigenvalue weighted by molar-refractivity contribution is 0.0747. The third-order valence-electron chi connectivity index (χ3n) is 12.5. The summed E-state index contributed by atoms with van der Waals surface area (Å²) in [4.78, 5) is 0. The van der Waals surface area contributed by atoms with E-state index in [0.29, 0.717) is 10.8 Å². The summed E-state index contributed by atoms with van der Waals surface area (Å²) in [5.74, 6) is 8.42. The predicted molar refractivity (Wildman–Crippen MR) is 143 cm³/mol. The third kappa shape index (κ3) is 3.64. The first kappa shape index (κ1) is 23.9. The van der Waals surface area contributed by atoms with Gasteiger partial charge < -0.3 is 0 Å². The van der Waals surface area contributed by atoms with Crippen LogP contribution in [0, 0.1) is 58.2 Å². The van der Waals surface area contributed by atoms with Gasteiger partial charge in [-0.05, 0) is 94.9 Å². The number of hydrogen-bond donors (Lipinski definition) is 0. The summed E-state index contributed by atoms with van der Waals surface area (Å²) in [5.41, 5.74) is 3.41. The molecule has 184 valence electrons. The van der Waals surface area contributed by atoms with E-state index < -0.39 is 8.07 Å². The van der Waals surface area contributed by atoms with E-state index in [2.05, 4.69) is 55.4 Å². The number of rotatable bonds is 2. The second-order valence-electron chi connectivity index (χ2n) is 16.0. The molecule has 1 saturated heterocycles. The Hall–Kier alpha value is 0.217. The Morgan fingerprint density at radius 3 is 1.25 bits per heavy atom. The second kappa shape index (κ2) is 8.13. The zero-order chi connectivity index (χ0) is 23.1. The van der Waals surface area contributed by atoms with Crippen molar-refractivity contribution in [3.05, 3.63) is 0 Å². The van der Waals surface area contributed by atoms with Gasteiger partial charge in [-0.25, -0.2) is 0 Å². The van der Waals surface area contributed by atoms with Crippen LogP contribution in [0.25, 0.3) is 0 Å². The van der Waals surface area contributed by atoms with E-state index in [1.165, 1.54) is 36.8 Å². The molecule has 0 radical (unpaired) electrons. The molecule has 4 aliphatic carbocycles. The molecule has 0 spiro atoms. The molecule has 32 heavy (non-hydrogen) atoms. The maximum Gasteiger partial charge on any atom is 0.0608 e. The fraction of sp³-hybridized carbons (Fsp3) is 1.00. The monoisotopic (exact) mass is 456 g/mol. The Morgan fingerprint density at radius 1 is 0.531 bits per heavy atom. The summed E-state index contributed by atoms with van der Waals surface area (Å²) < 4.78 is 0. The van der Waals surface area contributed by atoms with Gasteiger partial charge in [-0.1, -0.05) is 99.6 Å². The third-order valence-corrected chi connectivity index (χ3v) is 19.7. The Morgan fingerprint density at radius 2 is 0.938 bits per heavy atom. The van der Waals surface area contributed by atoms with E-state index in [-0.39, 0.29) is 0 Å². The van der Waals surface area contributed by atoms with Gasteiger partial charge in [0, 0.05) is 0 Å². The Bertz CT molecular complexity index is 622. The van der Waals surface area contributed by atoms with E-state index in [1.807, 2.05) is 0 Å². The van der Waals surface area contributed by atoms with Crippen molar-refractivity contribution in [3.8, 4) is 0 Å². The van der Waals surface area contributed by atoms with E-state index in [4.69, 9.17) is 0 Å². The first-order chi connectivity index (χ1) is 14.9. The maximum absolute atomic E-state index is 2.74. The van der Waals surface area contributed by atoms with E-state index in [0.717, 1.165) is 47.3 Å². The molecule has 5 aliphatic rings. The molecule has 0 aromatic heterocycles. The lowest BCUT2D eigenvalue weighted by Gasteiger charge is -2.57. The number of hydrogen-bond acceptors (Lipinski definition) is 0. The lowest BCUT2D eigenvalue weighted by atomic mass is 9.63. The van der Waals surface area contributed by atoms with Gasteiger partial charge in [0.2, 0.25) is 0 Å². The molecule has 10 unspecified atom stereocenters. The molecule has 1 heteroatoms. The molecule has 0 aromatic carbocycles. The SMILES string of the molecule is CC1CC2C(CCCC2C(C)(C)C)C1[Si]1(C2C(C)CC3C2CCCC3C(C)(C)C)CCC1. The van der Waals surface area contributed by atoms with E-state index in [9.17, 15) is 0 Å². The summed E-state index contributed by atoms with van der Waals surface area (Å²) in [6, 6.07) is 3.45. The fourth-order valence-corrected chi connectivity index (χ4v) is 19.8. The highest BCUT2D eigenvalue weighted by Crippen LogP contribution is 2.71. The van der Waals surface area contributed by atoms with Crippen LogP contribution in [0.2, 0.25) is 23.2 Å². The first-order valence-electron chi connectivity index (χ1n) is 14.9. The molecular formula is C31H56Si. The average Bonchev–Trinajstić information content (AvgIpc) is 3.16. The topological polar surface area (TPSA) is 0 Å². The largest absolute Gasteiger partial charge is 0.0625 e. The molecule has 5 fully saturated rings. The standard InChI is InChI=1S/C31H56Si/c1-20-18-24-22(12-9-14-26(24)30(3,4)5)28(20)32(16-11-17-32)29-21(2)19-25-23(29)13-10-15-27(25)31(6,7)8/h20-29H,9-19H2,1-8H3. The van der Waals surface area contributed by atoms with Gasteiger partial charge >= 0.3 is 0 Å². The van der Waals surface area contributed by atoms with Crippen molar-refractivity contribution in [1.82, 2.24) is 0 Å². The smallest absolute Gasteiger partial charge is 0.0608 e. The van der Waals surface area contributed by atoms with Crippen LogP contribution in [-0.4, -0.2) is 8.07 Å². The molecule has 0 amide bonds. The zero-order valence-corrected chi connectivity index (χ0v) is 24.1. The second-order valence-corrected chi connectivity index (χ2v) is 20.8. The van der Waals surface area contributed by atoms with Gasteiger partial charge in [-0.15, -0.1) is 0 Å². The summed E-state index contributed by atoms with van der Waals surface area (Å²) in [6.45, 7) is 20.9. The van der Waals surface area contributed by atoms with Gasteiger partial charge in [0.25, 0.3) is 0 Å². The summed E-state index contributed by atoms with van der Waals surface area (Å²) in [7, 11) is -1.20. The van der Waals surface area contributed by atoms with Crippen molar-refractivity contribution >= 4 is 8.07 Å². The number of fused-ring (bicyclic) bond motifs is 2. The minimum absolute atomic E-state index is 0.515. The van der Waals surface area contributed by atoms with Crippen LogP contribution in [0.5, 0.6) is 0 Å². The Kier molecular flexibility index (Phi) is 6.08. The van der Waals surface area contributed by atoms with Gasteiger partial charge in [0.1, 0.15) is 0 Å². The van der Waals surface area contributed by atoms with Crippen molar-refractivity contribution in [2.45, 2.75) is 136 Å². The zero-order valence-electron chi connectivity index (χ0n) is 23.1. The summed E-state index contributed by atoms with van der Waals surface area (Å²) in [5, 5.41) is 0. The molecule has 0 aromatic rings. The van der Waals surface area contributed by atoms with Gasteiger partial charge in [0.05, 0.1) is 8.07 Å². The van der Waals surface area contributed by atoms with Crippen LogP contribution in [0.15, 0.2) is 0 Å². The van der Waals surface area contributed by atoms with Crippen LogP contribution in [0.3, 0.4) is 0 Å².